The first-order chi connectivity index (χ1) is 7.65. The van der Waals surface area contributed by atoms with E-state index in [0.717, 1.165) is 20.6 Å². The number of carbonyl (C=O) groups is 1. The molecule has 16 heavy (non-hydrogen) atoms. The molecule has 0 spiro atoms. The number of fused-ring (bicyclic) bond motifs is 3. The number of hydrogen-bond donors (Lipinski definition) is 1. The van der Waals surface area contributed by atoms with Gasteiger partial charge in [-0.1, -0.05) is 0 Å². The predicted octanol–water partition coefficient (Wildman–Crippen LogP) is 3.05. The summed E-state index contributed by atoms with van der Waals surface area (Å²) in [4.78, 5) is 15.2. The summed E-state index contributed by atoms with van der Waals surface area (Å²) in [5, 5.41) is 10.6. The van der Waals surface area contributed by atoms with E-state index in [4.69, 9.17) is 9.52 Å². The molecule has 3 rings (SSSR count). The molecule has 1 N–H and O–H groups in total. The van der Waals surface area contributed by atoms with Gasteiger partial charge in [0.25, 0.3) is 0 Å². The van der Waals surface area contributed by atoms with Crippen molar-refractivity contribution < 1.29 is 14.3 Å². The zero-order chi connectivity index (χ0) is 11.3. The highest BCUT2D eigenvalue weighted by atomic mass is 32.1. The summed E-state index contributed by atoms with van der Waals surface area (Å²) in [5.74, 6) is -1.11. The number of carboxylic acid groups (broad SMARTS) is 1. The summed E-state index contributed by atoms with van der Waals surface area (Å²) >= 11 is 1.58. The van der Waals surface area contributed by atoms with E-state index in [1.807, 2.05) is 13.0 Å². The lowest BCUT2D eigenvalue weighted by Gasteiger charge is -1.88. The van der Waals surface area contributed by atoms with E-state index < -0.39 is 5.97 Å². The Morgan fingerprint density at radius 3 is 3.06 bits per heavy atom. The van der Waals surface area contributed by atoms with Gasteiger partial charge in [-0.3, -0.25) is 0 Å². The summed E-state index contributed by atoms with van der Waals surface area (Å²) in [6.07, 6.45) is 0. The fourth-order valence-electron chi connectivity index (χ4n) is 1.72. The summed E-state index contributed by atoms with van der Waals surface area (Å²) < 4.78 is 6.26. The minimum absolute atomic E-state index is 0.0480. The highest BCUT2D eigenvalue weighted by Gasteiger charge is 2.14. The molecule has 0 amide bonds. The topological polar surface area (TPSA) is 63.3 Å². The Morgan fingerprint density at radius 1 is 1.50 bits per heavy atom. The molecule has 0 fully saturated rings. The van der Waals surface area contributed by atoms with E-state index >= 15 is 0 Å². The van der Waals surface area contributed by atoms with E-state index in [0.29, 0.717) is 5.58 Å². The average molecular weight is 233 g/mol. The maximum absolute atomic E-state index is 10.8. The number of aromatic carboxylic acids is 1. The summed E-state index contributed by atoms with van der Waals surface area (Å²) in [6, 6.07) is 5.21. The molecule has 0 saturated heterocycles. The van der Waals surface area contributed by atoms with Crippen LogP contribution in [0.1, 0.15) is 15.6 Å². The third-order valence-electron chi connectivity index (χ3n) is 2.37. The van der Waals surface area contributed by atoms with Crippen LogP contribution in [0.5, 0.6) is 0 Å². The molecule has 0 saturated carbocycles. The van der Waals surface area contributed by atoms with Gasteiger partial charge in [-0.25, -0.2) is 9.78 Å². The van der Waals surface area contributed by atoms with Crippen LogP contribution in [-0.4, -0.2) is 16.1 Å². The van der Waals surface area contributed by atoms with Crippen molar-refractivity contribution in [2.24, 2.45) is 0 Å². The largest absolute Gasteiger partial charge is 0.475 e. The van der Waals surface area contributed by atoms with Crippen molar-refractivity contribution in [2.75, 3.05) is 0 Å². The molecule has 0 unspecified atom stereocenters. The molecular formula is C11H7NO3S. The van der Waals surface area contributed by atoms with Gasteiger partial charge in [-0.2, -0.15) is 0 Å². The van der Waals surface area contributed by atoms with E-state index in [1.54, 1.807) is 17.4 Å². The van der Waals surface area contributed by atoms with Gasteiger partial charge in [0.05, 0.1) is 15.2 Å². The maximum Gasteiger partial charge on any atom is 0.371 e. The number of benzene rings is 1. The van der Waals surface area contributed by atoms with Gasteiger partial charge >= 0.3 is 5.97 Å². The minimum atomic E-state index is -1.06. The van der Waals surface area contributed by atoms with E-state index in [2.05, 4.69) is 4.98 Å². The van der Waals surface area contributed by atoms with Crippen LogP contribution in [-0.2, 0) is 0 Å². The monoisotopic (exact) mass is 233 g/mol. The molecule has 1 aromatic carbocycles. The first-order valence-electron chi connectivity index (χ1n) is 4.68. The second-order valence-corrected chi connectivity index (χ2v) is 4.71. The molecule has 0 aliphatic heterocycles. The Kier molecular flexibility index (Phi) is 1.79. The Bertz CT molecular complexity index is 710. The fourth-order valence-corrected chi connectivity index (χ4v) is 2.56. The predicted molar refractivity (Wildman–Crippen MR) is 61.1 cm³/mol. The zero-order valence-corrected chi connectivity index (χ0v) is 9.17. The SMILES string of the molecule is Cc1nc2c(ccc3oc(C(=O)O)cc32)s1. The molecule has 5 heteroatoms. The van der Waals surface area contributed by atoms with Gasteiger partial charge < -0.3 is 9.52 Å². The molecule has 0 bridgehead atoms. The van der Waals surface area contributed by atoms with Crippen LogP contribution in [0.4, 0.5) is 0 Å². The first kappa shape index (κ1) is 9.35. The molecule has 80 valence electrons. The molecule has 3 aromatic rings. The van der Waals surface area contributed by atoms with Crippen molar-refractivity contribution in [3.8, 4) is 0 Å². The van der Waals surface area contributed by atoms with Crippen molar-refractivity contribution in [3.63, 3.8) is 0 Å². The lowest BCUT2D eigenvalue weighted by molar-refractivity contribution is 0.0665. The quantitative estimate of drug-likeness (QED) is 0.701. The number of furan rings is 1. The standard InChI is InChI=1S/C11H7NO3S/c1-5-12-10-6-4-8(11(13)14)15-7(6)2-3-9(10)16-5/h2-4H,1H3,(H,13,14). The molecule has 0 radical (unpaired) electrons. The normalized spacial score (nSPS) is 11.3. The summed E-state index contributed by atoms with van der Waals surface area (Å²) in [6.45, 7) is 1.93. The highest BCUT2D eigenvalue weighted by Crippen LogP contribution is 2.30. The molecule has 4 nitrogen and oxygen atoms in total. The smallest absolute Gasteiger partial charge is 0.371 e. The van der Waals surface area contributed by atoms with Gasteiger partial charge in [-0.05, 0) is 19.1 Å². The third-order valence-corrected chi connectivity index (χ3v) is 3.31. The fraction of sp³-hybridized carbons (Fsp3) is 0.0909. The Labute approximate surface area is 94.1 Å². The number of aromatic nitrogens is 1. The van der Waals surface area contributed by atoms with Gasteiger partial charge in [0.1, 0.15) is 5.58 Å². The van der Waals surface area contributed by atoms with Crippen LogP contribution < -0.4 is 0 Å². The third kappa shape index (κ3) is 1.22. The second kappa shape index (κ2) is 3.05. The molecule has 0 aliphatic carbocycles. The lowest BCUT2D eigenvalue weighted by Crippen LogP contribution is -1.91. The van der Waals surface area contributed by atoms with Crippen LogP contribution in [0, 0.1) is 6.92 Å². The lowest BCUT2D eigenvalue weighted by atomic mass is 10.2. The number of thiazole rings is 1. The summed E-state index contributed by atoms with van der Waals surface area (Å²) in [5.41, 5.74) is 1.38. The maximum atomic E-state index is 10.8. The Morgan fingerprint density at radius 2 is 2.31 bits per heavy atom. The molecule has 0 aliphatic rings. The van der Waals surface area contributed by atoms with Gasteiger partial charge in [0.15, 0.2) is 0 Å². The highest BCUT2D eigenvalue weighted by molar-refractivity contribution is 7.18. The Balaban J connectivity index is 2.44. The first-order valence-corrected chi connectivity index (χ1v) is 5.50. The van der Waals surface area contributed by atoms with Crippen LogP contribution in [0.15, 0.2) is 22.6 Å². The molecule has 2 heterocycles. The molecular weight excluding hydrogens is 226 g/mol. The van der Waals surface area contributed by atoms with E-state index in [9.17, 15) is 4.79 Å². The van der Waals surface area contributed by atoms with Gasteiger partial charge in [0, 0.05) is 11.5 Å². The second-order valence-electron chi connectivity index (χ2n) is 3.47. The minimum Gasteiger partial charge on any atom is -0.475 e. The van der Waals surface area contributed by atoms with Crippen LogP contribution >= 0.6 is 11.3 Å². The Hall–Kier alpha value is -1.88. The molecule has 2 aromatic heterocycles. The molecule has 0 atom stereocenters. The van der Waals surface area contributed by atoms with Crippen LogP contribution in [0.25, 0.3) is 21.2 Å². The van der Waals surface area contributed by atoms with Crippen molar-refractivity contribution in [2.45, 2.75) is 6.92 Å². The number of nitrogens with zero attached hydrogens (tertiary/aromatic N) is 1. The van der Waals surface area contributed by atoms with Crippen molar-refractivity contribution in [3.05, 3.63) is 29.0 Å². The van der Waals surface area contributed by atoms with Crippen molar-refractivity contribution in [1.29, 1.82) is 0 Å². The summed E-state index contributed by atoms with van der Waals surface area (Å²) in [7, 11) is 0. The number of rotatable bonds is 1. The van der Waals surface area contributed by atoms with Crippen LogP contribution in [0.3, 0.4) is 0 Å². The van der Waals surface area contributed by atoms with Gasteiger partial charge in [0.2, 0.25) is 5.76 Å². The van der Waals surface area contributed by atoms with Crippen LogP contribution in [0.2, 0.25) is 0 Å². The number of aryl methyl sites for hydroxylation is 1. The van der Waals surface area contributed by atoms with Gasteiger partial charge in [-0.15, -0.1) is 11.3 Å². The van der Waals surface area contributed by atoms with Crippen molar-refractivity contribution >= 4 is 38.5 Å². The number of carboxylic acids is 1. The van der Waals surface area contributed by atoms with E-state index in [-0.39, 0.29) is 5.76 Å². The number of hydrogen-bond acceptors (Lipinski definition) is 4. The van der Waals surface area contributed by atoms with Crippen molar-refractivity contribution in [1.82, 2.24) is 4.98 Å². The van der Waals surface area contributed by atoms with E-state index in [1.165, 1.54) is 6.07 Å². The zero-order valence-electron chi connectivity index (χ0n) is 8.35. The average Bonchev–Trinajstić information content (AvgIpc) is 2.77.